The maximum Gasteiger partial charge on any atom is 0.0231 e. The van der Waals surface area contributed by atoms with Crippen molar-refractivity contribution in [1.82, 2.24) is 10.2 Å². The number of hydrogen-bond donors (Lipinski definition) is 1. The SMILES string of the molecule is CN(Cc1cccc(Br)c1)CC1CCCNC1.Cl. The molecule has 1 unspecified atom stereocenters. The molecule has 0 amide bonds. The molecule has 1 atom stereocenters. The molecule has 1 aliphatic heterocycles. The monoisotopic (exact) mass is 332 g/mol. The molecule has 2 rings (SSSR count). The molecule has 1 aliphatic rings. The molecule has 0 spiro atoms. The third-order valence-electron chi connectivity index (χ3n) is 3.31. The average Bonchev–Trinajstić information content (AvgIpc) is 2.30. The molecule has 4 heteroatoms. The van der Waals surface area contributed by atoms with Crippen molar-refractivity contribution in [3.63, 3.8) is 0 Å². The van der Waals surface area contributed by atoms with Crippen LogP contribution >= 0.6 is 28.3 Å². The van der Waals surface area contributed by atoms with Crippen molar-refractivity contribution < 1.29 is 0 Å². The van der Waals surface area contributed by atoms with E-state index < -0.39 is 0 Å². The van der Waals surface area contributed by atoms with E-state index in [-0.39, 0.29) is 12.4 Å². The first-order valence-electron chi connectivity index (χ1n) is 6.38. The van der Waals surface area contributed by atoms with E-state index in [4.69, 9.17) is 0 Å². The highest BCUT2D eigenvalue weighted by Crippen LogP contribution is 2.15. The van der Waals surface area contributed by atoms with E-state index in [0.29, 0.717) is 0 Å². The van der Waals surface area contributed by atoms with E-state index in [0.717, 1.165) is 12.5 Å². The summed E-state index contributed by atoms with van der Waals surface area (Å²) in [6.07, 6.45) is 2.70. The van der Waals surface area contributed by atoms with Gasteiger partial charge >= 0.3 is 0 Å². The van der Waals surface area contributed by atoms with E-state index in [9.17, 15) is 0 Å². The third-order valence-corrected chi connectivity index (χ3v) is 3.80. The number of nitrogens with one attached hydrogen (secondary N) is 1. The third kappa shape index (κ3) is 5.27. The number of halogens is 2. The Morgan fingerprint density at radius 3 is 2.94 bits per heavy atom. The first-order chi connectivity index (χ1) is 8.24. The molecule has 1 heterocycles. The lowest BCUT2D eigenvalue weighted by Gasteiger charge is -2.27. The molecule has 0 aliphatic carbocycles. The Labute approximate surface area is 125 Å². The van der Waals surface area contributed by atoms with Gasteiger partial charge in [-0.2, -0.15) is 0 Å². The molecule has 0 radical (unpaired) electrons. The average molecular weight is 334 g/mol. The van der Waals surface area contributed by atoms with Gasteiger partial charge in [-0.3, -0.25) is 0 Å². The molecule has 1 fully saturated rings. The van der Waals surface area contributed by atoms with Gasteiger partial charge < -0.3 is 10.2 Å². The molecule has 102 valence electrons. The van der Waals surface area contributed by atoms with Crippen LogP contribution in [0.2, 0.25) is 0 Å². The Bertz CT molecular complexity index is 353. The lowest BCUT2D eigenvalue weighted by atomic mass is 9.99. The van der Waals surface area contributed by atoms with Gasteiger partial charge in [0.25, 0.3) is 0 Å². The Morgan fingerprint density at radius 1 is 1.44 bits per heavy atom. The summed E-state index contributed by atoms with van der Waals surface area (Å²) in [7, 11) is 2.22. The second kappa shape index (κ2) is 8.16. The lowest BCUT2D eigenvalue weighted by molar-refractivity contribution is 0.237. The van der Waals surface area contributed by atoms with Gasteiger partial charge in [0.15, 0.2) is 0 Å². The van der Waals surface area contributed by atoms with Gasteiger partial charge in [-0.1, -0.05) is 28.1 Å². The number of nitrogens with zero attached hydrogens (tertiary/aromatic N) is 1. The number of rotatable bonds is 4. The fourth-order valence-electron chi connectivity index (χ4n) is 2.53. The standard InChI is InChI=1S/C14H21BrN2.ClH/c1-17(11-13-5-3-7-16-9-13)10-12-4-2-6-14(15)8-12;/h2,4,6,8,13,16H,3,5,7,9-11H2,1H3;1H. The van der Waals surface area contributed by atoms with E-state index in [2.05, 4.69) is 57.5 Å². The fraction of sp³-hybridized carbons (Fsp3) is 0.571. The molecule has 0 bridgehead atoms. The van der Waals surface area contributed by atoms with Crippen LogP contribution in [0.4, 0.5) is 0 Å². The van der Waals surface area contributed by atoms with Gasteiger partial charge in [0.1, 0.15) is 0 Å². The van der Waals surface area contributed by atoms with Gasteiger partial charge in [-0.05, 0) is 56.6 Å². The molecule has 1 aromatic rings. The van der Waals surface area contributed by atoms with Gasteiger partial charge in [-0.25, -0.2) is 0 Å². The summed E-state index contributed by atoms with van der Waals surface area (Å²) in [5.74, 6) is 0.820. The summed E-state index contributed by atoms with van der Waals surface area (Å²) in [6, 6.07) is 8.58. The fourth-order valence-corrected chi connectivity index (χ4v) is 2.98. The van der Waals surface area contributed by atoms with Gasteiger partial charge in [0, 0.05) is 17.6 Å². The van der Waals surface area contributed by atoms with Crippen LogP contribution in [0.3, 0.4) is 0 Å². The Morgan fingerprint density at radius 2 is 2.28 bits per heavy atom. The molecular formula is C14H22BrClN2. The predicted molar refractivity (Wildman–Crippen MR) is 83.3 cm³/mol. The van der Waals surface area contributed by atoms with Crippen LogP contribution in [0.1, 0.15) is 18.4 Å². The van der Waals surface area contributed by atoms with Crippen LogP contribution in [0.15, 0.2) is 28.7 Å². The van der Waals surface area contributed by atoms with Crippen molar-refractivity contribution in [2.45, 2.75) is 19.4 Å². The van der Waals surface area contributed by atoms with E-state index in [1.165, 1.54) is 42.5 Å². The molecule has 2 nitrogen and oxygen atoms in total. The Hall–Kier alpha value is -0.0900. The molecule has 0 saturated carbocycles. The highest BCUT2D eigenvalue weighted by molar-refractivity contribution is 9.10. The zero-order valence-corrected chi connectivity index (χ0v) is 13.3. The van der Waals surface area contributed by atoms with Crippen LogP contribution in [0.5, 0.6) is 0 Å². The van der Waals surface area contributed by atoms with Crippen LogP contribution in [-0.4, -0.2) is 31.6 Å². The largest absolute Gasteiger partial charge is 0.316 e. The van der Waals surface area contributed by atoms with Crippen LogP contribution in [-0.2, 0) is 6.54 Å². The predicted octanol–water partition coefficient (Wildman–Crippen LogP) is 3.30. The maximum atomic E-state index is 3.52. The van der Waals surface area contributed by atoms with E-state index >= 15 is 0 Å². The quantitative estimate of drug-likeness (QED) is 0.909. The highest BCUT2D eigenvalue weighted by Gasteiger charge is 2.14. The summed E-state index contributed by atoms with van der Waals surface area (Å²) >= 11 is 3.52. The zero-order valence-electron chi connectivity index (χ0n) is 10.9. The van der Waals surface area contributed by atoms with E-state index in [1.54, 1.807) is 0 Å². The van der Waals surface area contributed by atoms with Crippen molar-refractivity contribution in [1.29, 1.82) is 0 Å². The van der Waals surface area contributed by atoms with Gasteiger partial charge in [-0.15, -0.1) is 12.4 Å². The number of hydrogen-bond acceptors (Lipinski definition) is 2. The summed E-state index contributed by atoms with van der Waals surface area (Å²) in [5.41, 5.74) is 1.38. The summed E-state index contributed by atoms with van der Waals surface area (Å²) in [6.45, 7) is 4.62. The normalized spacial score (nSPS) is 19.6. The second-order valence-corrected chi connectivity index (χ2v) is 5.95. The number of piperidine rings is 1. The molecule has 1 saturated heterocycles. The van der Waals surface area contributed by atoms with Crippen LogP contribution in [0, 0.1) is 5.92 Å². The maximum absolute atomic E-state index is 3.52. The van der Waals surface area contributed by atoms with Crippen LogP contribution < -0.4 is 5.32 Å². The lowest BCUT2D eigenvalue weighted by Crippen LogP contribution is -2.36. The molecular weight excluding hydrogens is 312 g/mol. The van der Waals surface area contributed by atoms with Gasteiger partial charge in [0.2, 0.25) is 0 Å². The van der Waals surface area contributed by atoms with Crippen molar-refractivity contribution in [3.05, 3.63) is 34.3 Å². The smallest absolute Gasteiger partial charge is 0.0231 e. The minimum absolute atomic E-state index is 0. The second-order valence-electron chi connectivity index (χ2n) is 5.04. The van der Waals surface area contributed by atoms with Crippen molar-refractivity contribution in [2.24, 2.45) is 5.92 Å². The Balaban J connectivity index is 0.00000162. The van der Waals surface area contributed by atoms with Crippen molar-refractivity contribution in [2.75, 3.05) is 26.7 Å². The molecule has 1 N–H and O–H groups in total. The first-order valence-corrected chi connectivity index (χ1v) is 7.17. The topological polar surface area (TPSA) is 15.3 Å². The first kappa shape index (κ1) is 16.0. The van der Waals surface area contributed by atoms with E-state index in [1.807, 2.05) is 0 Å². The molecule has 0 aromatic heterocycles. The highest BCUT2D eigenvalue weighted by atomic mass is 79.9. The number of benzene rings is 1. The van der Waals surface area contributed by atoms with Gasteiger partial charge in [0.05, 0.1) is 0 Å². The molecule has 1 aromatic carbocycles. The minimum Gasteiger partial charge on any atom is -0.316 e. The Kier molecular flexibility index (Phi) is 7.23. The van der Waals surface area contributed by atoms with Crippen molar-refractivity contribution >= 4 is 28.3 Å². The summed E-state index contributed by atoms with van der Waals surface area (Å²) in [5, 5.41) is 3.48. The zero-order chi connectivity index (χ0) is 12.1. The van der Waals surface area contributed by atoms with Crippen LogP contribution in [0.25, 0.3) is 0 Å². The minimum atomic E-state index is 0. The molecule has 18 heavy (non-hydrogen) atoms. The van der Waals surface area contributed by atoms with Crippen molar-refractivity contribution in [3.8, 4) is 0 Å². The summed E-state index contributed by atoms with van der Waals surface area (Å²) < 4.78 is 1.17. The summed E-state index contributed by atoms with van der Waals surface area (Å²) in [4.78, 5) is 2.43.